The third kappa shape index (κ3) is 2.96. The van der Waals surface area contributed by atoms with Crippen molar-refractivity contribution in [3.8, 4) is 0 Å². The summed E-state index contributed by atoms with van der Waals surface area (Å²) in [6, 6.07) is 1.16. The van der Waals surface area contributed by atoms with E-state index in [0.717, 1.165) is 6.92 Å². The van der Waals surface area contributed by atoms with Crippen LogP contribution in [0.2, 0.25) is 0 Å². The first-order valence-electron chi connectivity index (χ1n) is 4.92. The van der Waals surface area contributed by atoms with Gasteiger partial charge in [0.1, 0.15) is 0 Å². The van der Waals surface area contributed by atoms with Crippen molar-refractivity contribution in [3.05, 3.63) is 34.9 Å². The van der Waals surface area contributed by atoms with Crippen molar-refractivity contribution in [2.75, 3.05) is 0 Å². The monoisotopic (exact) mass is 268 g/mol. The van der Waals surface area contributed by atoms with Crippen molar-refractivity contribution in [2.24, 2.45) is 0 Å². The molecule has 0 bridgehead atoms. The van der Waals surface area contributed by atoms with Crippen molar-refractivity contribution < 1.29 is 31.9 Å². The molecule has 0 aromatic heterocycles. The minimum Gasteiger partial charge on any atom is -0.478 e. The number of aromatic carboxylic acids is 1. The van der Waals surface area contributed by atoms with E-state index in [-0.39, 0.29) is 6.07 Å². The molecular weight excluding hydrogens is 259 g/mol. The van der Waals surface area contributed by atoms with Crippen LogP contribution >= 0.6 is 0 Å². The summed E-state index contributed by atoms with van der Waals surface area (Å²) < 4.78 is 64.1. The number of carboxylic acids is 1. The normalized spacial score (nSPS) is 12.6. The van der Waals surface area contributed by atoms with Gasteiger partial charge in [0.2, 0.25) is 0 Å². The Labute approximate surface area is 99.0 Å². The lowest BCUT2D eigenvalue weighted by molar-refractivity contribution is -0.137. The smallest absolute Gasteiger partial charge is 0.416 e. The third-order valence-corrected chi connectivity index (χ3v) is 2.37. The Kier molecular flexibility index (Phi) is 3.64. The fourth-order valence-electron chi connectivity index (χ4n) is 1.33. The summed E-state index contributed by atoms with van der Waals surface area (Å²) in [5, 5.41) is 8.63. The summed E-state index contributed by atoms with van der Waals surface area (Å²) in [5.74, 6) is -5.18. The summed E-state index contributed by atoms with van der Waals surface area (Å²) in [4.78, 5) is 10.6. The van der Waals surface area contributed by atoms with Crippen LogP contribution in [0.4, 0.5) is 22.0 Å². The second-order valence-electron chi connectivity index (χ2n) is 3.66. The van der Waals surface area contributed by atoms with Crippen molar-refractivity contribution in [3.63, 3.8) is 0 Å². The van der Waals surface area contributed by atoms with Crippen LogP contribution in [0, 0.1) is 0 Å². The third-order valence-electron chi connectivity index (χ3n) is 2.37. The lowest BCUT2D eigenvalue weighted by atomic mass is 9.99. The van der Waals surface area contributed by atoms with E-state index < -0.39 is 41.2 Å². The number of alkyl halides is 5. The minimum atomic E-state index is -4.87. The first-order valence-corrected chi connectivity index (χ1v) is 4.92. The maximum atomic E-state index is 13.3. The van der Waals surface area contributed by atoms with Crippen LogP contribution in [0.5, 0.6) is 0 Å². The highest BCUT2D eigenvalue weighted by molar-refractivity contribution is 5.88. The van der Waals surface area contributed by atoms with E-state index in [2.05, 4.69) is 0 Å². The summed E-state index contributed by atoms with van der Waals surface area (Å²) >= 11 is 0. The first-order chi connectivity index (χ1) is 8.08. The molecule has 1 N–H and O–H groups in total. The summed E-state index contributed by atoms with van der Waals surface area (Å²) in [7, 11) is 0. The topological polar surface area (TPSA) is 37.3 Å². The SMILES string of the molecule is CCC(F)(F)c1cc(C(=O)O)cc(C(F)(F)F)c1. The molecule has 1 rings (SSSR count). The van der Waals surface area contributed by atoms with Crippen LogP contribution in [0.3, 0.4) is 0 Å². The molecule has 0 aliphatic rings. The van der Waals surface area contributed by atoms with Gasteiger partial charge < -0.3 is 5.11 Å². The average Bonchev–Trinajstić information content (AvgIpc) is 2.27. The summed E-state index contributed by atoms with van der Waals surface area (Å²) in [6.07, 6.45) is -5.59. The molecule has 2 nitrogen and oxygen atoms in total. The molecular formula is C11H9F5O2. The van der Waals surface area contributed by atoms with Gasteiger partial charge in [0.15, 0.2) is 0 Å². The maximum absolute atomic E-state index is 13.3. The van der Waals surface area contributed by atoms with Gasteiger partial charge in [0, 0.05) is 12.0 Å². The van der Waals surface area contributed by atoms with Gasteiger partial charge in [-0.05, 0) is 18.2 Å². The number of benzene rings is 1. The largest absolute Gasteiger partial charge is 0.478 e. The van der Waals surface area contributed by atoms with Gasteiger partial charge in [0.05, 0.1) is 11.1 Å². The van der Waals surface area contributed by atoms with Crippen LogP contribution < -0.4 is 0 Å². The Morgan fingerprint density at radius 3 is 2.00 bits per heavy atom. The van der Waals surface area contributed by atoms with Gasteiger partial charge in [-0.15, -0.1) is 0 Å². The average molecular weight is 268 g/mol. The fourth-order valence-corrected chi connectivity index (χ4v) is 1.33. The molecule has 0 radical (unpaired) electrons. The molecule has 1 aromatic rings. The molecule has 0 fully saturated rings. The fraction of sp³-hybridized carbons (Fsp3) is 0.364. The van der Waals surface area contributed by atoms with Gasteiger partial charge in [-0.25, -0.2) is 13.6 Å². The molecule has 0 aliphatic carbocycles. The molecule has 0 saturated carbocycles. The molecule has 7 heteroatoms. The quantitative estimate of drug-likeness (QED) is 0.844. The van der Waals surface area contributed by atoms with E-state index in [9.17, 15) is 26.7 Å². The Balaban J connectivity index is 3.46. The predicted octanol–water partition coefficient (Wildman–Crippen LogP) is 3.91. The summed E-state index contributed by atoms with van der Waals surface area (Å²) in [5.41, 5.74) is -3.16. The molecule has 0 atom stereocenters. The zero-order chi connectivity index (χ0) is 14.1. The lowest BCUT2D eigenvalue weighted by Gasteiger charge is -2.17. The Bertz CT molecular complexity index is 465. The van der Waals surface area contributed by atoms with E-state index in [0.29, 0.717) is 12.1 Å². The van der Waals surface area contributed by atoms with Gasteiger partial charge in [-0.3, -0.25) is 0 Å². The van der Waals surface area contributed by atoms with Crippen LogP contribution in [-0.4, -0.2) is 11.1 Å². The molecule has 0 amide bonds. The Morgan fingerprint density at radius 1 is 1.11 bits per heavy atom. The van der Waals surface area contributed by atoms with Crippen LogP contribution in [0.25, 0.3) is 0 Å². The zero-order valence-corrected chi connectivity index (χ0v) is 9.18. The number of hydrogen-bond donors (Lipinski definition) is 1. The first kappa shape index (κ1) is 14.4. The number of rotatable bonds is 3. The molecule has 0 aliphatic heterocycles. The van der Waals surface area contributed by atoms with Crippen LogP contribution in [-0.2, 0) is 12.1 Å². The van der Waals surface area contributed by atoms with Gasteiger partial charge in [0.25, 0.3) is 5.92 Å². The van der Waals surface area contributed by atoms with Crippen LogP contribution in [0.1, 0.15) is 34.8 Å². The highest BCUT2D eigenvalue weighted by atomic mass is 19.4. The van der Waals surface area contributed by atoms with Gasteiger partial charge in [-0.2, -0.15) is 13.2 Å². The number of carbonyl (C=O) groups is 1. The molecule has 1 aromatic carbocycles. The summed E-state index contributed by atoms with van der Waals surface area (Å²) in [6.45, 7) is 1.10. The van der Waals surface area contributed by atoms with Crippen molar-refractivity contribution in [2.45, 2.75) is 25.4 Å². The second-order valence-corrected chi connectivity index (χ2v) is 3.66. The lowest BCUT2D eigenvalue weighted by Crippen LogP contribution is -2.16. The van der Waals surface area contributed by atoms with E-state index in [1.807, 2.05) is 0 Å². The Hall–Kier alpha value is -1.66. The van der Waals surface area contributed by atoms with E-state index in [4.69, 9.17) is 5.11 Å². The standard InChI is InChI=1S/C11H9F5O2/c1-2-10(12,13)7-3-6(9(17)18)4-8(5-7)11(14,15)16/h3-5H,2H2,1H3,(H,17,18). The van der Waals surface area contributed by atoms with Crippen molar-refractivity contribution in [1.29, 1.82) is 0 Å². The number of hydrogen-bond acceptors (Lipinski definition) is 1. The van der Waals surface area contributed by atoms with Crippen molar-refractivity contribution >= 4 is 5.97 Å². The zero-order valence-electron chi connectivity index (χ0n) is 9.18. The van der Waals surface area contributed by atoms with E-state index in [1.165, 1.54) is 0 Å². The van der Waals surface area contributed by atoms with E-state index in [1.54, 1.807) is 0 Å². The van der Waals surface area contributed by atoms with E-state index >= 15 is 0 Å². The molecule has 100 valence electrons. The van der Waals surface area contributed by atoms with Gasteiger partial charge in [-0.1, -0.05) is 6.92 Å². The van der Waals surface area contributed by atoms with Gasteiger partial charge >= 0.3 is 12.1 Å². The highest BCUT2D eigenvalue weighted by Gasteiger charge is 2.36. The maximum Gasteiger partial charge on any atom is 0.416 e. The molecule has 0 heterocycles. The second kappa shape index (κ2) is 4.55. The molecule has 18 heavy (non-hydrogen) atoms. The molecule has 0 saturated heterocycles. The highest BCUT2D eigenvalue weighted by Crippen LogP contribution is 2.37. The molecule has 0 spiro atoms. The predicted molar refractivity (Wildman–Crippen MR) is 52.6 cm³/mol. The minimum absolute atomic E-state index is 0.274. The number of carboxylic acid groups (broad SMARTS) is 1. The van der Waals surface area contributed by atoms with Crippen LogP contribution in [0.15, 0.2) is 18.2 Å². The molecule has 0 unspecified atom stereocenters. The number of halogens is 5. The Morgan fingerprint density at radius 2 is 1.61 bits per heavy atom. The van der Waals surface area contributed by atoms with Crippen molar-refractivity contribution in [1.82, 2.24) is 0 Å².